The maximum absolute atomic E-state index is 6.03. The summed E-state index contributed by atoms with van der Waals surface area (Å²) in [7, 11) is 0. The van der Waals surface area contributed by atoms with Crippen molar-refractivity contribution < 1.29 is 0 Å². The molecule has 1 aromatic heterocycles. The van der Waals surface area contributed by atoms with Crippen LogP contribution in [0.1, 0.15) is 57.2 Å². The molecule has 0 unspecified atom stereocenters. The molecule has 0 aliphatic heterocycles. The van der Waals surface area contributed by atoms with Crippen LogP contribution in [0, 0.1) is 0 Å². The molecular weight excluding hydrogens is 256 g/mol. The van der Waals surface area contributed by atoms with E-state index in [0.29, 0.717) is 11.9 Å². The second-order valence-corrected chi connectivity index (χ2v) is 5.70. The Hall–Kier alpha value is -0.760. The first-order valence-electron chi connectivity index (χ1n) is 7.61. The fourth-order valence-electron chi connectivity index (χ4n) is 3.06. The van der Waals surface area contributed by atoms with E-state index in [0.717, 1.165) is 25.2 Å². The fourth-order valence-corrected chi connectivity index (χ4v) is 3.22. The first-order chi connectivity index (χ1) is 9.28. The molecule has 0 aromatic carbocycles. The van der Waals surface area contributed by atoms with Gasteiger partial charge in [-0.1, -0.05) is 26.2 Å². The maximum Gasteiger partial charge on any atom is 0.129 e. The molecule has 0 N–H and O–H groups in total. The molecule has 1 heterocycles. The van der Waals surface area contributed by atoms with E-state index in [-0.39, 0.29) is 0 Å². The number of hydrogen-bond donors (Lipinski definition) is 0. The zero-order chi connectivity index (χ0) is 13.7. The van der Waals surface area contributed by atoms with E-state index in [1.165, 1.54) is 36.9 Å². The van der Waals surface area contributed by atoms with E-state index in [1.54, 1.807) is 0 Å². The van der Waals surface area contributed by atoms with E-state index < -0.39 is 0 Å². The van der Waals surface area contributed by atoms with Crippen molar-refractivity contribution in [1.82, 2.24) is 4.98 Å². The van der Waals surface area contributed by atoms with Gasteiger partial charge < -0.3 is 4.90 Å². The van der Waals surface area contributed by atoms with Crippen molar-refractivity contribution in [3.63, 3.8) is 0 Å². The number of aryl methyl sites for hydroxylation is 1. The Balaban J connectivity index is 2.26. The van der Waals surface area contributed by atoms with Crippen molar-refractivity contribution in [2.24, 2.45) is 0 Å². The molecule has 0 saturated heterocycles. The molecule has 2 nitrogen and oxygen atoms in total. The van der Waals surface area contributed by atoms with E-state index in [9.17, 15) is 0 Å². The second kappa shape index (κ2) is 7.14. The van der Waals surface area contributed by atoms with Crippen LogP contribution in [-0.2, 0) is 12.3 Å². The van der Waals surface area contributed by atoms with Crippen LogP contribution in [0.4, 0.5) is 5.82 Å². The van der Waals surface area contributed by atoms with Crippen molar-refractivity contribution in [2.45, 2.75) is 64.3 Å². The zero-order valence-corrected chi connectivity index (χ0v) is 12.9. The summed E-state index contributed by atoms with van der Waals surface area (Å²) in [5.41, 5.74) is 2.39. The standard InChI is InChI=1S/C16H25ClN2/c1-3-7-14-10-13(12-17)11-16(18-14)19(4-2)15-8-5-6-9-15/h10-11,15H,3-9,12H2,1-2H3. The highest BCUT2D eigenvalue weighted by atomic mass is 35.5. The summed E-state index contributed by atoms with van der Waals surface area (Å²) in [6.45, 7) is 5.46. The Morgan fingerprint density at radius 3 is 2.58 bits per heavy atom. The van der Waals surface area contributed by atoms with E-state index in [4.69, 9.17) is 16.6 Å². The predicted molar refractivity (Wildman–Crippen MR) is 83.1 cm³/mol. The van der Waals surface area contributed by atoms with Crippen molar-refractivity contribution in [1.29, 1.82) is 0 Å². The summed E-state index contributed by atoms with van der Waals surface area (Å²) < 4.78 is 0. The van der Waals surface area contributed by atoms with Crippen molar-refractivity contribution >= 4 is 17.4 Å². The van der Waals surface area contributed by atoms with Crippen molar-refractivity contribution in [2.75, 3.05) is 11.4 Å². The normalized spacial score (nSPS) is 15.9. The minimum atomic E-state index is 0.578. The molecule has 1 aliphatic carbocycles. The van der Waals surface area contributed by atoms with Crippen molar-refractivity contribution in [3.05, 3.63) is 23.4 Å². The summed E-state index contributed by atoms with van der Waals surface area (Å²) >= 11 is 6.03. The number of nitrogens with zero attached hydrogens (tertiary/aromatic N) is 2. The third kappa shape index (κ3) is 3.62. The molecule has 2 rings (SSSR count). The van der Waals surface area contributed by atoms with Crippen LogP contribution in [0.3, 0.4) is 0 Å². The van der Waals surface area contributed by atoms with Crippen LogP contribution in [0.2, 0.25) is 0 Å². The maximum atomic E-state index is 6.03. The smallest absolute Gasteiger partial charge is 0.129 e. The first kappa shape index (κ1) is 14.6. The van der Waals surface area contributed by atoms with Gasteiger partial charge in [-0.2, -0.15) is 0 Å². The van der Waals surface area contributed by atoms with Gasteiger partial charge in [0.25, 0.3) is 0 Å². The predicted octanol–water partition coefficient (Wildman–Crippen LogP) is 4.54. The monoisotopic (exact) mass is 280 g/mol. The Labute approximate surface area is 122 Å². The molecule has 106 valence electrons. The number of alkyl halides is 1. The van der Waals surface area contributed by atoms with Crippen LogP contribution in [0.5, 0.6) is 0 Å². The van der Waals surface area contributed by atoms with Gasteiger partial charge in [-0.3, -0.25) is 0 Å². The topological polar surface area (TPSA) is 16.1 Å². The van der Waals surface area contributed by atoms with Gasteiger partial charge in [0.1, 0.15) is 5.82 Å². The molecule has 0 atom stereocenters. The molecule has 19 heavy (non-hydrogen) atoms. The number of anilines is 1. The van der Waals surface area contributed by atoms with Crippen LogP contribution in [0.25, 0.3) is 0 Å². The summed E-state index contributed by atoms with van der Waals surface area (Å²) in [6.07, 6.45) is 7.51. The summed E-state index contributed by atoms with van der Waals surface area (Å²) in [6, 6.07) is 5.01. The highest BCUT2D eigenvalue weighted by Crippen LogP contribution is 2.28. The molecule has 0 radical (unpaired) electrons. The minimum Gasteiger partial charge on any atom is -0.354 e. The third-order valence-corrected chi connectivity index (χ3v) is 4.29. The second-order valence-electron chi connectivity index (χ2n) is 5.43. The Morgan fingerprint density at radius 2 is 2.00 bits per heavy atom. The lowest BCUT2D eigenvalue weighted by atomic mass is 10.1. The summed E-state index contributed by atoms with van der Waals surface area (Å²) in [4.78, 5) is 7.33. The molecule has 0 bridgehead atoms. The average molecular weight is 281 g/mol. The van der Waals surface area contributed by atoms with Crippen LogP contribution < -0.4 is 4.90 Å². The van der Waals surface area contributed by atoms with E-state index in [1.807, 2.05) is 0 Å². The number of hydrogen-bond acceptors (Lipinski definition) is 2. The minimum absolute atomic E-state index is 0.578. The molecule has 1 saturated carbocycles. The molecule has 0 spiro atoms. The number of rotatable bonds is 6. The van der Waals surface area contributed by atoms with Gasteiger partial charge in [-0.15, -0.1) is 11.6 Å². The quantitative estimate of drug-likeness (QED) is 0.711. The molecule has 1 aliphatic rings. The Bertz CT molecular complexity index is 400. The Kier molecular flexibility index (Phi) is 5.50. The van der Waals surface area contributed by atoms with Crippen LogP contribution in [0.15, 0.2) is 12.1 Å². The fraction of sp³-hybridized carbons (Fsp3) is 0.688. The van der Waals surface area contributed by atoms with Crippen LogP contribution >= 0.6 is 11.6 Å². The average Bonchev–Trinajstić information content (AvgIpc) is 2.93. The number of pyridine rings is 1. The third-order valence-electron chi connectivity index (χ3n) is 3.99. The van der Waals surface area contributed by atoms with Gasteiger partial charge in [-0.05, 0) is 43.9 Å². The largest absolute Gasteiger partial charge is 0.354 e. The lowest BCUT2D eigenvalue weighted by Crippen LogP contribution is -2.33. The Morgan fingerprint density at radius 1 is 1.26 bits per heavy atom. The van der Waals surface area contributed by atoms with E-state index >= 15 is 0 Å². The lowest BCUT2D eigenvalue weighted by molar-refractivity contribution is 0.611. The zero-order valence-electron chi connectivity index (χ0n) is 12.2. The summed E-state index contributed by atoms with van der Waals surface area (Å²) in [5, 5.41) is 0. The van der Waals surface area contributed by atoms with Gasteiger partial charge in [0.05, 0.1) is 0 Å². The highest BCUT2D eigenvalue weighted by molar-refractivity contribution is 6.17. The van der Waals surface area contributed by atoms with Crippen molar-refractivity contribution in [3.8, 4) is 0 Å². The van der Waals surface area contributed by atoms with Gasteiger partial charge in [0.2, 0.25) is 0 Å². The van der Waals surface area contributed by atoms with Gasteiger partial charge >= 0.3 is 0 Å². The van der Waals surface area contributed by atoms with Gasteiger partial charge in [0.15, 0.2) is 0 Å². The SMILES string of the molecule is CCCc1cc(CCl)cc(N(CC)C2CCCC2)n1. The number of halogens is 1. The van der Waals surface area contributed by atoms with Gasteiger partial charge in [0, 0.05) is 24.2 Å². The van der Waals surface area contributed by atoms with Crippen LogP contribution in [-0.4, -0.2) is 17.6 Å². The first-order valence-corrected chi connectivity index (χ1v) is 8.14. The lowest BCUT2D eigenvalue weighted by Gasteiger charge is -2.29. The van der Waals surface area contributed by atoms with Gasteiger partial charge in [-0.25, -0.2) is 4.98 Å². The number of aromatic nitrogens is 1. The highest BCUT2D eigenvalue weighted by Gasteiger charge is 2.22. The summed E-state index contributed by atoms with van der Waals surface area (Å²) in [5.74, 6) is 1.71. The molecular formula is C16H25ClN2. The molecule has 1 aromatic rings. The molecule has 1 fully saturated rings. The van der Waals surface area contributed by atoms with E-state index in [2.05, 4.69) is 30.9 Å². The molecule has 3 heteroatoms. The molecule has 0 amide bonds.